The molecule has 0 fully saturated rings. The molecule has 0 amide bonds. The average molecular weight is 235 g/mol. The fraction of sp³-hybridized carbons (Fsp3) is 0.250. The number of hydrogen-bond acceptors (Lipinski definition) is 4. The summed E-state index contributed by atoms with van der Waals surface area (Å²) in [6, 6.07) is 4.74. The first-order valence-corrected chi connectivity index (χ1v) is 5.03. The topological polar surface area (TPSA) is 60.7 Å². The zero-order valence-electron chi connectivity index (χ0n) is 9.85. The van der Waals surface area contributed by atoms with Gasteiger partial charge in [0.15, 0.2) is 5.75 Å². The Morgan fingerprint density at radius 2 is 1.82 bits per heavy atom. The molecule has 0 radical (unpaired) electrons. The Morgan fingerprint density at radius 1 is 1.18 bits per heavy atom. The molecule has 0 spiro atoms. The van der Waals surface area contributed by atoms with Crippen LogP contribution in [0.1, 0.15) is 0 Å². The van der Waals surface area contributed by atoms with Crippen molar-refractivity contribution in [2.24, 2.45) is 7.05 Å². The maximum Gasteiger partial charge on any atom is 0.297 e. The van der Waals surface area contributed by atoms with Gasteiger partial charge >= 0.3 is 0 Å². The van der Waals surface area contributed by atoms with Crippen LogP contribution in [0.25, 0.3) is 10.9 Å². The Hall–Kier alpha value is -2.17. The average Bonchev–Trinajstić information content (AvgIpc) is 2.33. The molecule has 0 saturated heterocycles. The van der Waals surface area contributed by atoms with Crippen LogP contribution in [0, 0.1) is 0 Å². The van der Waals surface area contributed by atoms with Crippen LogP contribution in [0.15, 0.2) is 23.0 Å². The van der Waals surface area contributed by atoms with E-state index in [9.17, 15) is 9.90 Å². The molecular formula is C12H13NO4. The first-order chi connectivity index (χ1) is 8.10. The lowest BCUT2D eigenvalue weighted by molar-refractivity contribution is 0.352. The van der Waals surface area contributed by atoms with Crippen molar-refractivity contribution >= 4 is 10.9 Å². The predicted molar refractivity (Wildman–Crippen MR) is 64.0 cm³/mol. The van der Waals surface area contributed by atoms with Gasteiger partial charge in [0.2, 0.25) is 5.75 Å². The van der Waals surface area contributed by atoms with Gasteiger partial charge in [0.05, 0.1) is 19.7 Å². The van der Waals surface area contributed by atoms with Crippen molar-refractivity contribution in [3.63, 3.8) is 0 Å². The largest absolute Gasteiger partial charge is 0.508 e. The lowest BCUT2D eigenvalue weighted by Gasteiger charge is -2.13. The summed E-state index contributed by atoms with van der Waals surface area (Å²) in [5, 5.41) is 10.2. The second-order valence-electron chi connectivity index (χ2n) is 3.63. The van der Waals surface area contributed by atoms with E-state index in [-0.39, 0.29) is 17.1 Å². The van der Waals surface area contributed by atoms with E-state index in [2.05, 4.69) is 0 Å². The minimum absolute atomic E-state index is 0.0970. The Kier molecular flexibility index (Phi) is 2.67. The number of aryl methyl sites for hydroxylation is 1. The normalized spacial score (nSPS) is 10.5. The van der Waals surface area contributed by atoms with Gasteiger partial charge in [-0.1, -0.05) is 0 Å². The van der Waals surface area contributed by atoms with Crippen LogP contribution in [-0.4, -0.2) is 23.9 Å². The van der Waals surface area contributed by atoms with Crippen LogP contribution in [-0.2, 0) is 7.05 Å². The first-order valence-electron chi connectivity index (χ1n) is 5.03. The molecule has 5 nitrogen and oxygen atoms in total. The zero-order valence-corrected chi connectivity index (χ0v) is 9.85. The quantitative estimate of drug-likeness (QED) is 0.851. The van der Waals surface area contributed by atoms with Crippen LogP contribution < -0.4 is 15.0 Å². The smallest absolute Gasteiger partial charge is 0.297 e. The Labute approximate surface area is 97.8 Å². The number of benzene rings is 1. The standard InChI is InChI=1S/C12H13NO4/c1-13-9-6-7(14)4-5-8(9)10(16-2)11(17-3)12(13)15/h4-6,14H,1-3H3. The Bertz CT molecular complexity index is 630. The van der Waals surface area contributed by atoms with Gasteiger partial charge in [-0.15, -0.1) is 0 Å². The van der Waals surface area contributed by atoms with E-state index >= 15 is 0 Å². The number of phenols is 1. The summed E-state index contributed by atoms with van der Waals surface area (Å²) < 4.78 is 11.7. The highest BCUT2D eigenvalue weighted by atomic mass is 16.5. The van der Waals surface area contributed by atoms with E-state index in [0.29, 0.717) is 16.7 Å². The third-order valence-electron chi connectivity index (χ3n) is 2.70. The van der Waals surface area contributed by atoms with E-state index < -0.39 is 0 Å². The maximum atomic E-state index is 12.0. The van der Waals surface area contributed by atoms with Crippen molar-refractivity contribution in [1.29, 1.82) is 0 Å². The summed E-state index contributed by atoms with van der Waals surface area (Å²) >= 11 is 0. The van der Waals surface area contributed by atoms with Gasteiger partial charge in [0.25, 0.3) is 5.56 Å². The van der Waals surface area contributed by atoms with Gasteiger partial charge in [0.1, 0.15) is 5.75 Å². The van der Waals surface area contributed by atoms with Crippen molar-refractivity contribution < 1.29 is 14.6 Å². The monoisotopic (exact) mass is 235 g/mol. The van der Waals surface area contributed by atoms with Gasteiger partial charge in [-0.3, -0.25) is 4.79 Å². The summed E-state index contributed by atoms with van der Waals surface area (Å²) in [7, 11) is 4.52. The summed E-state index contributed by atoms with van der Waals surface area (Å²) in [6.45, 7) is 0. The molecule has 90 valence electrons. The van der Waals surface area contributed by atoms with Crippen molar-refractivity contribution in [3.8, 4) is 17.2 Å². The minimum Gasteiger partial charge on any atom is -0.508 e. The second-order valence-corrected chi connectivity index (χ2v) is 3.63. The molecule has 2 rings (SSSR count). The van der Waals surface area contributed by atoms with Gasteiger partial charge in [-0.05, 0) is 12.1 Å². The van der Waals surface area contributed by atoms with E-state index in [4.69, 9.17) is 9.47 Å². The summed E-state index contributed by atoms with van der Waals surface area (Å²) in [6.07, 6.45) is 0. The van der Waals surface area contributed by atoms with E-state index in [1.807, 2.05) is 0 Å². The molecule has 1 N–H and O–H groups in total. The molecule has 0 aliphatic heterocycles. The first kappa shape index (κ1) is 11.3. The fourth-order valence-corrected chi connectivity index (χ4v) is 1.85. The molecule has 0 unspecified atom stereocenters. The van der Waals surface area contributed by atoms with Gasteiger partial charge in [-0.25, -0.2) is 0 Å². The molecule has 0 aliphatic carbocycles. The highest BCUT2D eigenvalue weighted by Gasteiger charge is 2.16. The van der Waals surface area contributed by atoms with Gasteiger partial charge in [0, 0.05) is 18.5 Å². The molecule has 0 bridgehead atoms. The van der Waals surface area contributed by atoms with Crippen LogP contribution in [0.2, 0.25) is 0 Å². The molecule has 5 heteroatoms. The number of phenolic OH excluding ortho intramolecular Hbond substituents is 1. The Morgan fingerprint density at radius 3 is 2.41 bits per heavy atom. The molecule has 0 saturated carbocycles. The van der Waals surface area contributed by atoms with Gasteiger partial charge in [-0.2, -0.15) is 0 Å². The number of pyridine rings is 1. The number of rotatable bonds is 2. The fourth-order valence-electron chi connectivity index (χ4n) is 1.85. The van der Waals surface area contributed by atoms with E-state index in [0.717, 1.165) is 0 Å². The van der Waals surface area contributed by atoms with Crippen molar-refractivity contribution in [3.05, 3.63) is 28.6 Å². The second kappa shape index (κ2) is 4.01. The minimum atomic E-state index is -0.303. The highest BCUT2D eigenvalue weighted by molar-refractivity contribution is 5.88. The number of nitrogens with zero attached hydrogens (tertiary/aromatic N) is 1. The van der Waals surface area contributed by atoms with Crippen LogP contribution in [0.4, 0.5) is 0 Å². The molecule has 1 aromatic heterocycles. The SMILES string of the molecule is COc1c(OC)c2ccc(O)cc2n(C)c1=O. The molecule has 0 aliphatic rings. The number of fused-ring (bicyclic) bond motifs is 1. The lowest BCUT2D eigenvalue weighted by Crippen LogP contribution is -2.19. The van der Waals surface area contributed by atoms with Crippen LogP contribution in [0.5, 0.6) is 17.2 Å². The van der Waals surface area contributed by atoms with Crippen molar-refractivity contribution in [1.82, 2.24) is 4.57 Å². The number of aromatic nitrogens is 1. The van der Waals surface area contributed by atoms with Crippen LogP contribution in [0.3, 0.4) is 0 Å². The molecule has 1 aromatic carbocycles. The third kappa shape index (κ3) is 1.60. The number of methoxy groups -OCH3 is 2. The van der Waals surface area contributed by atoms with E-state index in [1.165, 1.54) is 30.9 Å². The molecule has 17 heavy (non-hydrogen) atoms. The number of ether oxygens (including phenoxy) is 2. The predicted octanol–water partition coefficient (Wildman–Crippen LogP) is 1.26. The van der Waals surface area contributed by atoms with Crippen molar-refractivity contribution in [2.45, 2.75) is 0 Å². The summed E-state index contributed by atoms with van der Waals surface area (Å²) in [5.74, 6) is 0.638. The van der Waals surface area contributed by atoms with Crippen LogP contribution >= 0.6 is 0 Å². The summed E-state index contributed by atoms with van der Waals surface area (Å²) in [5.41, 5.74) is 0.287. The maximum absolute atomic E-state index is 12.0. The number of hydrogen-bond donors (Lipinski definition) is 1. The zero-order chi connectivity index (χ0) is 12.6. The van der Waals surface area contributed by atoms with E-state index in [1.54, 1.807) is 13.1 Å². The molecule has 1 heterocycles. The highest BCUT2D eigenvalue weighted by Crippen LogP contribution is 2.33. The van der Waals surface area contributed by atoms with Crippen molar-refractivity contribution in [2.75, 3.05) is 14.2 Å². The number of aromatic hydroxyl groups is 1. The molecule has 0 atom stereocenters. The summed E-state index contributed by atoms with van der Waals surface area (Å²) in [4.78, 5) is 12.0. The Balaban J connectivity index is 3.01. The lowest BCUT2D eigenvalue weighted by atomic mass is 10.1. The van der Waals surface area contributed by atoms with Gasteiger partial charge < -0.3 is 19.1 Å². The molecule has 2 aromatic rings. The third-order valence-corrected chi connectivity index (χ3v) is 2.70. The molecular weight excluding hydrogens is 222 g/mol.